The highest BCUT2D eigenvalue weighted by Crippen LogP contribution is 2.43. The number of fused-ring (bicyclic) bond motifs is 1. The maximum Gasteiger partial charge on any atom is 0.266 e. The fourth-order valence-corrected chi connectivity index (χ4v) is 6.68. The Balaban J connectivity index is 1.15. The van der Waals surface area contributed by atoms with E-state index < -0.39 is 12.1 Å². The SMILES string of the molecule is C[C@@H]1[C@H](CN2CCC3(CC2)OCCO3)O[C@H](c2cccc(N3C(=O)c4ccccc4C3=O)c2)O[C@@H]1c1ccc(CO)cc1. The molecule has 43 heavy (non-hydrogen) atoms. The maximum atomic E-state index is 13.2. The van der Waals surface area contributed by atoms with Crippen LogP contribution in [0.25, 0.3) is 0 Å². The molecule has 0 aromatic heterocycles. The first-order valence-corrected chi connectivity index (χ1v) is 15.0. The van der Waals surface area contributed by atoms with E-state index in [1.54, 1.807) is 30.3 Å². The van der Waals surface area contributed by atoms with Crippen molar-refractivity contribution >= 4 is 17.5 Å². The summed E-state index contributed by atoms with van der Waals surface area (Å²) in [5.74, 6) is -1.09. The molecule has 224 valence electrons. The van der Waals surface area contributed by atoms with Crippen molar-refractivity contribution in [3.8, 4) is 0 Å². The van der Waals surface area contributed by atoms with Gasteiger partial charge in [-0.25, -0.2) is 4.90 Å². The van der Waals surface area contributed by atoms with Gasteiger partial charge in [0.1, 0.15) is 0 Å². The van der Waals surface area contributed by atoms with Crippen LogP contribution in [0, 0.1) is 5.92 Å². The van der Waals surface area contributed by atoms with Gasteiger partial charge in [-0.2, -0.15) is 0 Å². The van der Waals surface area contributed by atoms with Crippen LogP contribution in [0.4, 0.5) is 5.69 Å². The van der Waals surface area contributed by atoms with E-state index in [0.29, 0.717) is 30.0 Å². The van der Waals surface area contributed by atoms with Crippen molar-refractivity contribution in [2.24, 2.45) is 5.92 Å². The van der Waals surface area contributed by atoms with Crippen molar-refractivity contribution in [2.45, 2.75) is 50.7 Å². The lowest BCUT2D eigenvalue weighted by molar-refractivity contribution is -0.278. The van der Waals surface area contributed by atoms with Crippen LogP contribution in [0.5, 0.6) is 0 Å². The third-order valence-corrected chi connectivity index (χ3v) is 9.19. The number of aliphatic hydroxyl groups is 1. The molecule has 9 nitrogen and oxygen atoms in total. The van der Waals surface area contributed by atoms with E-state index in [1.807, 2.05) is 42.5 Å². The highest BCUT2D eigenvalue weighted by Gasteiger charge is 2.43. The number of piperidine rings is 1. The van der Waals surface area contributed by atoms with Gasteiger partial charge in [0.05, 0.1) is 48.8 Å². The van der Waals surface area contributed by atoms with E-state index in [9.17, 15) is 14.7 Å². The lowest BCUT2D eigenvalue weighted by atomic mass is 9.89. The summed E-state index contributed by atoms with van der Waals surface area (Å²) in [5.41, 5.74) is 3.86. The van der Waals surface area contributed by atoms with Gasteiger partial charge in [0.15, 0.2) is 12.1 Å². The number of imide groups is 1. The Morgan fingerprint density at radius 2 is 1.51 bits per heavy atom. The van der Waals surface area contributed by atoms with Gasteiger partial charge in [0, 0.05) is 44.0 Å². The Morgan fingerprint density at radius 3 is 2.16 bits per heavy atom. The molecule has 1 N–H and O–H groups in total. The monoisotopic (exact) mass is 584 g/mol. The molecule has 0 unspecified atom stereocenters. The molecular weight excluding hydrogens is 548 g/mol. The Bertz CT molecular complexity index is 1460. The third-order valence-electron chi connectivity index (χ3n) is 9.19. The summed E-state index contributed by atoms with van der Waals surface area (Å²) >= 11 is 0. The predicted molar refractivity (Wildman–Crippen MR) is 157 cm³/mol. The molecule has 0 radical (unpaired) electrons. The molecule has 4 aliphatic heterocycles. The number of anilines is 1. The summed E-state index contributed by atoms with van der Waals surface area (Å²) < 4.78 is 25.2. The van der Waals surface area contributed by atoms with Crippen LogP contribution in [0.3, 0.4) is 0 Å². The van der Waals surface area contributed by atoms with Crippen molar-refractivity contribution in [3.05, 3.63) is 101 Å². The molecule has 1 spiro atoms. The first kappa shape index (κ1) is 28.3. The number of aliphatic hydroxyl groups excluding tert-OH is 1. The second-order valence-corrected chi connectivity index (χ2v) is 11.8. The van der Waals surface area contributed by atoms with Crippen LogP contribution in [-0.2, 0) is 25.6 Å². The normalized spacial score (nSPS) is 27.2. The average Bonchev–Trinajstić information content (AvgIpc) is 3.61. The second kappa shape index (κ2) is 11.6. The highest BCUT2D eigenvalue weighted by atomic mass is 16.7. The first-order valence-electron chi connectivity index (χ1n) is 15.0. The second-order valence-electron chi connectivity index (χ2n) is 11.8. The summed E-state index contributed by atoms with van der Waals surface area (Å²) in [4.78, 5) is 30.0. The van der Waals surface area contributed by atoms with E-state index in [-0.39, 0.29) is 36.5 Å². The number of nitrogens with zero attached hydrogens (tertiary/aromatic N) is 2. The third kappa shape index (κ3) is 5.31. The number of likely N-dealkylation sites (tertiary alicyclic amines) is 1. The molecule has 3 fully saturated rings. The van der Waals surface area contributed by atoms with Crippen LogP contribution < -0.4 is 4.90 Å². The van der Waals surface area contributed by atoms with Crippen LogP contribution >= 0.6 is 0 Å². The molecule has 3 saturated heterocycles. The van der Waals surface area contributed by atoms with Crippen molar-refractivity contribution in [1.82, 2.24) is 4.90 Å². The zero-order valence-electron chi connectivity index (χ0n) is 24.2. The number of carbonyl (C=O) groups is 2. The van der Waals surface area contributed by atoms with Gasteiger partial charge in [-0.3, -0.25) is 9.59 Å². The Hall–Kier alpha value is -3.44. The number of carbonyl (C=O) groups excluding carboxylic acids is 2. The van der Waals surface area contributed by atoms with Gasteiger partial charge in [-0.05, 0) is 35.4 Å². The minimum atomic E-state index is -0.712. The smallest absolute Gasteiger partial charge is 0.266 e. The van der Waals surface area contributed by atoms with Gasteiger partial charge in [0.2, 0.25) is 0 Å². The van der Waals surface area contributed by atoms with Gasteiger partial charge in [0.25, 0.3) is 11.8 Å². The topological polar surface area (TPSA) is 97.8 Å². The molecule has 2 amide bonds. The summed E-state index contributed by atoms with van der Waals surface area (Å²) in [7, 11) is 0. The number of ether oxygens (including phenoxy) is 4. The molecule has 9 heteroatoms. The van der Waals surface area contributed by atoms with E-state index in [2.05, 4.69) is 11.8 Å². The van der Waals surface area contributed by atoms with Crippen LogP contribution in [0.1, 0.15) is 69.6 Å². The number of hydrogen-bond donors (Lipinski definition) is 1. The van der Waals surface area contributed by atoms with E-state index in [4.69, 9.17) is 18.9 Å². The molecule has 4 heterocycles. The molecule has 4 aliphatic rings. The summed E-state index contributed by atoms with van der Waals surface area (Å²) in [6.07, 6.45) is 0.516. The number of rotatable bonds is 6. The number of benzene rings is 3. The molecule has 3 aromatic carbocycles. The fraction of sp³-hybridized carbons (Fsp3) is 0.412. The Kier molecular flexibility index (Phi) is 7.63. The zero-order chi connectivity index (χ0) is 29.6. The van der Waals surface area contributed by atoms with E-state index in [0.717, 1.165) is 49.2 Å². The van der Waals surface area contributed by atoms with Gasteiger partial charge in [-0.1, -0.05) is 55.5 Å². The average molecular weight is 585 g/mol. The minimum absolute atomic E-state index is 0.0236. The number of amides is 2. The molecule has 7 rings (SSSR count). The lowest BCUT2D eigenvalue weighted by Gasteiger charge is -2.44. The van der Waals surface area contributed by atoms with Crippen LogP contribution in [-0.4, -0.2) is 66.6 Å². The fourth-order valence-electron chi connectivity index (χ4n) is 6.68. The van der Waals surface area contributed by atoms with Crippen LogP contribution in [0.2, 0.25) is 0 Å². The Labute approximate surface area is 250 Å². The lowest BCUT2D eigenvalue weighted by Crippen LogP contribution is -2.50. The van der Waals surface area contributed by atoms with Crippen molar-refractivity contribution in [2.75, 3.05) is 37.7 Å². The van der Waals surface area contributed by atoms with Gasteiger partial charge < -0.3 is 29.0 Å². The highest BCUT2D eigenvalue weighted by molar-refractivity contribution is 6.34. The first-order chi connectivity index (χ1) is 20.9. The van der Waals surface area contributed by atoms with E-state index >= 15 is 0 Å². The standard InChI is InChI=1S/C34H36N2O7/c1-22-29(20-35-15-13-34(14-16-35)40-17-18-41-34)42-33(43-30(22)24-11-9-23(21-37)10-12-24)25-5-4-6-26(19-25)36-31(38)27-7-2-3-8-28(27)32(36)39/h2-12,19,22,29-30,33,37H,13-18,20-21H2,1H3/t22-,29+,30+,33+/m1/s1. The van der Waals surface area contributed by atoms with E-state index in [1.165, 1.54) is 4.90 Å². The number of hydrogen-bond acceptors (Lipinski definition) is 8. The summed E-state index contributed by atoms with van der Waals surface area (Å²) in [6.45, 7) is 5.85. The molecule has 3 aromatic rings. The van der Waals surface area contributed by atoms with Gasteiger partial charge >= 0.3 is 0 Å². The van der Waals surface area contributed by atoms with Crippen molar-refractivity contribution in [1.29, 1.82) is 0 Å². The molecular formula is C34H36N2O7. The Morgan fingerprint density at radius 1 is 0.837 bits per heavy atom. The molecule has 0 bridgehead atoms. The minimum Gasteiger partial charge on any atom is -0.392 e. The van der Waals surface area contributed by atoms with Crippen LogP contribution in [0.15, 0.2) is 72.8 Å². The summed E-state index contributed by atoms with van der Waals surface area (Å²) in [5, 5.41) is 9.57. The van der Waals surface area contributed by atoms with Crippen molar-refractivity contribution < 1.29 is 33.6 Å². The quantitative estimate of drug-likeness (QED) is 0.420. The summed E-state index contributed by atoms with van der Waals surface area (Å²) in [6, 6.07) is 22.0. The maximum absolute atomic E-state index is 13.2. The van der Waals surface area contributed by atoms with Crippen molar-refractivity contribution in [3.63, 3.8) is 0 Å². The molecule has 0 saturated carbocycles. The molecule has 4 atom stereocenters. The largest absolute Gasteiger partial charge is 0.392 e. The molecule has 0 aliphatic carbocycles. The predicted octanol–water partition coefficient (Wildman–Crippen LogP) is 4.61. The van der Waals surface area contributed by atoms with Gasteiger partial charge in [-0.15, -0.1) is 0 Å². The zero-order valence-corrected chi connectivity index (χ0v) is 24.2.